The number of nitrogens with one attached hydrogen (secondary N) is 2. The third kappa shape index (κ3) is 2.85. The number of nitrogens with zero attached hydrogens (tertiary/aromatic N) is 1. The van der Waals surface area contributed by atoms with E-state index in [2.05, 4.69) is 14.9 Å². The highest BCUT2D eigenvalue weighted by molar-refractivity contribution is 7.92. The summed E-state index contributed by atoms with van der Waals surface area (Å²) in [5.74, 6) is -1.28. The van der Waals surface area contributed by atoms with Gasteiger partial charge < -0.3 is 5.11 Å². The number of hydrogen-bond donors (Lipinski definition) is 3. The van der Waals surface area contributed by atoms with Gasteiger partial charge in [0, 0.05) is 11.2 Å². The fourth-order valence-electron chi connectivity index (χ4n) is 1.37. The molecular formula is C10H8ClN3O4S. The molecule has 0 aliphatic rings. The molecule has 0 unspecified atom stereocenters. The number of carboxylic acid groups (broad SMARTS) is 1. The second-order valence-corrected chi connectivity index (χ2v) is 5.65. The molecule has 3 N–H and O–H groups in total. The van der Waals surface area contributed by atoms with Crippen LogP contribution in [0.15, 0.2) is 35.5 Å². The predicted molar refractivity (Wildman–Crippen MR) is 67.8 cm³/mol. The summed E-state index contributed by atoms with van der Waals surface area (Å²) in [6.07, 6.45) is 2.29. The van der Waals surface area contributed by atoms with Crippen molar-refractivity contribution in [3.63, 3.8) is 0 Å². The number of aromatic amines is 1. The maximum atomic E-state index is 11.9. The first-order valence-corrected chi connectivity index (χ1v) is 6.81. The van der Waals surface area contributed by atoms with Gasteiger partial charge in [0.15, 0.2) is 0 Å². The standard InChI is InChI=1S/C10H8ClN3O4S/c11-6-1-2-9(8(3-6)10(15)16)14-19(17,18)7-4-12-13-5-7/h1-5,14H,(H,12,13)(H,15,16). The number of carbonyl (C=O) groups is 1. The Morgan fingerprint density at radius 3 is 2.74 bits per heavy atom. The molecule has 0 saturated carbocycles. The van der Waals surface area contributed by atoms with Crippen molar-refractivity contribution >= 4 is 33.3 Å². The van der Waals surface area contributed by atoms with Crippen LogP contribution in [-0.2, 0) is 10.0 Å². The van der Waals surface area contributed by atoms with E-state index in [0.29, 0.717) is 0 Å². The molecule has 0 radical (unpaired) electrons. The van der Waals surface area contributed by atoms with E-state index in [9.17, 15) is 13.2 Å². The van der Waals surface area contributed by atoms with E-state index < -0.39 is 16.0 Å². The Morgan fingerprint density at radius 2 is 2.16 bits per heavy atom. The van der Waals surface area contributed by atoms with Gasteiger partial charge >= 0.3 is 5.97 Å². The number of anilines is 1. The van der Waals surface area contributed by atoms with Gasteiger partial charge in [-0.3, -0.25) is 9.82 Å². The summed E-state index contributed by atoms with van der Waals surface area (Å²) in [4.78, 5) is 10.9. The maximum absolute atomic E-state index is 11.9. The Bertz CT molecular complexity index is 712. The molecule has 1 heterocycles. The minimum absolute atomic E-state index is 0.0712. The number of rotatable bonds is 4. The third-order valence-corrected chi connectivity index (χ3v) is 3.81. The molecule has 2 aromatic rings. The predicted octanol–water partition coefficient (Wildman–Crippen LogP) is 1.56. The number of H-pyrrole nitrogens is 1. The van der Waals surface area contributed by atoms with Gasteiger partial charge in [-0.1, -0.05) is 11.6 Å². The van der Waals surface area contributed by atoms with Crippen molar-refractivity contribution < 1.29 is 18.3 Å². The molecule has 0 amide bonds. The van der Waals surface area contributed by atoms with Crippen LogP contribution in [0.4, 0.5) is 5.69 Å². The Morgan fingerprint density at radius 1 is 1.42 bits per heavy atom. The first kappa shape index (κ1) is 13.4. The van der Waals surface area contributed by atoms with Gasteiger partial charge in [-0.25, -0.2) is 13.2 Å². The summed E-state index contributed by atoms with van der Waals surface area (Å²) in [6.45, 7) is 0. The van der Waals surface area contributed by atoms with E-state index in [-0.39, 0.29) is 21.2 Å². The monoisotopic (exact) mass is 301 g/mol. The van der Waals surface area contributed by atoms with Gasteiger partial charge in [0.25, 0.3) is 10.0 Å². The molecule has 0 atom stereocenters. The summed E-state index contributed by atoms with van der Waals surface area (Å²) in [5, 5.41) is 15.1. The van der Waals surface area contributed by atoms with Gasteiger partial charge in [0.05, 0.1) is 17.4 Å². The lowest BCUT2D eigenvalue weighted by molar-refractivity contribution is 0.0698. The number of benzene rings is 1. The minimum atomic E-state index is -3.89. The van der Waals surface area contributed by atoms with E-state index in [1.807, 2.05) is 0 Å². The average molecular weight is 302 g/mol. The van der Waals surface area contributed by atoms with Crippen molar-refractivity contribution in [1.82, 2.24) is 10.2 Å². The van der Waals surface area contributed by atoms with Gasteiger partial charge in [-0.2, -0.15) is 5.10 Å². The van der Waals surface area contributed by atoms with Crippen LogP contribution in [0.5, 0.6) is 0 Å². The zero-order valence-electron chi connectivity index (χ0n) is 9.29. The van der Waals surface area contributed by atoms with Gasteiger partial charge in [0.1, 0.15) is 4.90 Å². The van der Waals surface area contributed by atoms with Crippen LogP contribution in [0.3, 0.4) is 0 Å². The van der Waals surface area contributed by atoms with Crippen molar-refractivity contribution in [3.05, 3.63) is 41.2 Å². The summed E-state index contributed by atoms with van der Waals surface area (Å²) in [7, 11) is -3.89. The molecule has 0 aliphatic heterocycles. The molecule has 2 rings (SSSR count). The molecule has 0 bridgehead atoms. The molecule has 0 spiro atoms. The summed E-state index contributed by atoms with van der Waals surface area (Å²) >= 11 is 5.68. The number of carboxylic acids is 1. The topological polar surface area (TPSA) is 112 Å². The molecule has 0 aliphatic carbocycles. The number of aromatic nitrogens is 2. The van der Waals surface area contributed by atoms with Gasteiger partial charge in [0.2, 0.25) is 0 Å². The molecule has 7 nitrogen and oxygen atoms in total. The maximum Gasteiger partial charge on any atom is 0.337 e. The van der Waals surface area contributed by atoms with E-state index in [4.69, 9.17) is 16.7 Å². The molecule has 19 heavy (non-hydrogen) atoms. The van der Waals surface area contributed by atoms with E-state index in [1.54, 1.807) is 0 Å². The van der Waals surface area contributed by atoms with E-state index in [0.717, 1.165) is 12.3 Å². The minimum Gasteiger partial charge on any atom is -0.478 e. The molecule has 0 fully saturated rings. The second-order valence-electron chi connectivity index (χ2n) is 3.53. The van der Waals surface area contributed by atoms with Crippen LogP contribution < -0.4 is 4.72 Å². The lowest BCUT2D eigenvalue weighted by Crippen LogP contribution is -2.15. The van der Waals surface area contributed by atoms with Crippen molar-refractivity contribution in [1.29, 1.82) is 0 Å². The molecule has 100 valence electrons. The molecular weight excluding hydrogens is 294 g/mol. The number of sulfonamides is 1. The Hall–Kier alpha value is -2.06. The smallest absolute Gasteiger partial charge is 0.337 e. The molecule has 0 saturated heterocycles. The average Bonchev–Trinajstić information content (AvgIpc) is 2.85. The van der Waals surface area contributed by atoms with Crippen molar-refractivity contribution in [2.24, 2.45) is 0 Å². The van der Waals surface area contributed by atoms with Crippen LogP contribution in [0.25, 0.3) is 0 Å². The SMILES string of the molecule is O=C(O)c1cc(Cl)ccc1NS(=O)(=O)c1cn[nH]c1. The fourth-order valence-corrected chi connectivity index (χ4v) is 2.53. The summed E-state index contributed by atoms with van der Waals surface area (Å²) in [6, 6.07) is 3.84. The van der Waals surface area contributed by atoms with Crippen LogP contribution in [-0.4, -0.2) is 29.7 Å². The lowest BCUT2D eigenvalue weighted by Gasteiger charge is -2.09. The van der Waals surface area contributed by atoms with Crippen molar-refractivity contribution in [2.75, 3.05) is 4.72 Å². The zero-order chi connectivity index (χ0) is 14.0. The van der Waals surface area contributed by atoms with Crippen LogP contribution in [0.2, 0.25) is 5.02 Å². The Labute approximate surface area is 113 Å². The largest absolute Gasteiger partial charge is 0.478 e. The van der Waals surface area contributed by atoms with Crippen molar-refractivity contribution in [3.8, 4) is 0 Å². The number of aromatic carboxylic acids is 1. The highest BCUT2D eigenvalue weighted by Crippen LogP contribution is 2.23. The van der Waals surface area contributed by atoms with Gasteiger partial charge in [-0.05, 0) is 18.2 Å². The van der Waals surface area contributed by atoms with E-state index >= 15 is 0 Å². The highest BCUT2D eigenvalue weighted by atomic mass is 35.5. The Balaban J connectivity index is 2.42. The van der Waals surface area contributed by atoms with Crippen LogP contribution in [0, 0.1) is 0 Å². The van der Waals surface area contributed by atoms with E-state index in [1.165, 1.54) is 18.3 Å². The summed E-state index contributed by atoms with van der Waals surface area (Å²) < 4.78 is 26.0. The lowest BCUT2D eigenvalue weighted by atomic mass is 10.2. The molecule has 9 heteroatoms. The first-order valence-electron chi connectivity index (χ1n) is 4.94. The number of hydrogen-bond acceptors (Lipinski definition) is 4. The molecule has 1 aromatic heterocycles. The van der Waals surface area contributed by atoms with Crippen LogP contribution >= 0.6 is 11.6 Å². The highest BCUT2D eigenvalue weighted by Gasteiger charge is 2.19. The number of halogens is 1. The Kier molecular flexibility index (Phi) is 3.45. The third-order valence-electron chi connectivity index (χ3n) is 2.24. The second kappa shape index (κ2) is 4.90. The van der Waals surface area contributed by atoms with Gasteiger partial charge in [-0.15, -0.1) is 0 Å². The van der Waals surface area contributed by atoms with Crippen molar-refractivity contribution in [2.45, 2.75) is 4.90 Å². The molecule has 1 aromatic carbocycles. The quantitative estimate of drug-likeness (QED) is 0.793. The van der Waals surface area contributed by atoms with Crippen LogP contribution in [0.1, 0.15) is 10.4 Å². The fraction of sp³-hybridized carbons (Fsp3) is 0. The first-order chi connectivity index (χ1) is 8.90. The summed E-state index contributed by atoms with van der Waals surface area (Å²) in [5.41, 5.74) is -0.308. The normalized spacial score (nSPS) is 11.2. The zero-order valence-corrected chi connectivity index (χ0v) is 10.9.